The largest absolute Gasteiger partial charge is 0.366 e. The number of carbonyl (C=O) groups is 1. The van der Waals surface area contributed by atoms with E-state index >= 15 is 0 Å². The van der Waals surface area contributed by atoms with Gasteiger partial charge in [0.25, 0.3) is 0 Å². The quantitative estimate of drug-likeness (QED) is 0.830. The molecular weight excluding hydrogens is 198 g/mol. The zero-order valence-electron chi connectivity index (χ0n) is 10.6. The van der Waals surface area contributed by atoms with Crippen LogP contribution in [0.15, 0.2) is 24.3 Å². The summed E-state index contributed by atoms with van der Waals surface area (Å²) in [5.41, 5.74) is 6.98. The number of hydrogen-bond donors (Lipinski definition) is 1. The molecule has 0 fully saturated rings. The van der Waals surface area contributed by atoms with Crippen LogP contribution in [-0.2, 0) is 6.42 Å². The average Bonchev–Trinajstić information content (AvgIpc) is 2.28. The number of amides is 1. The number of unbranched alkanes of at least 4 members (excludes halogenated alkanes) is 1. The van der Waals surface area contributed by atoms with Crippen molar-refractivity contribution in [2.75, 3.05) is 0 Å². The highest BCUT2D eigenvalue weighted by atomic mass is 16.1. The van der Waals surface area contributed by atoms with Crippen LogP contribution >= 0.6 is 0 Å². The SMILES string of the molecule is CCC.CCCCc1ccc(C(N)=O)cc1. The zero-order valence-corrected chi connectivity index (χ0v) is 10.6. The van der Waals surface area contributed by atoms with E-state index in [1.165, 1.54) is 24.8 Å². The number of rotatable bonds is 4. The fourth-order valence-corrected chi connectivity index (χ4v) is 1.22. The monoisotopic (exact) mass is 221 g/mol. The predicted octanol–water partition coefficient (Wildman–Crippen LogP) is 3.54. The Morgan fingerprint density at radius 1 is 1.12 bits per heavy atom. The zero-order chi connectivity index (χ0) is 12.4. The molecule has 1 amide bonds. The summed E-state index contributed by atoms with van der Waals surface area (Å²) < 4.78 is 0. The maximum absolute atomic E-state index is 10.7. The van der Waals surface area contributed by atoms with Gasteiger partial charge in [0.2, 0.25) is 5.91 Å². The summed E-state index contributed by atoms with van der Waals surface area (Å²) in [6.45, 7) is 6.41. The van der Waals surface area contributed by atoms with E-state index in [0.29, 0.717) is 5.56 Å². The van der Waals surface area contributed by atoms with E-state index in [9.17, 15) is 4.79 Å². The summed E-state index contributed by atoms with van der Waals surface area (Å²) in [5, 5.41) is 0. The smallest absolute Gasteiger partial charge is 0.248 e. The first-order valence-electron chi connectivity index (χ1n) is 6.04. The van der Waals surface area contributed by atoms with E-state index in [4.69, 9.17) is 5.73 Å². The van der Waals surface area contributed by atoms with Crippen molar-refractivity contribution in [3.8, 4) is 0 Å². The second-order valence-corrected chi connectivity index (χ2v) is 3.87. The van der Waals surface area contributed by atoms with Gasteiger partial charge in [0.1, 0.15) is 0 Å². The first-order chi connectivity index (χ1) is 7.65. The molecule has 16 heavy (non-hydrogen) atoms. The number of benzene rings is 1. The van der Waals surface area contributed by atoms with Gasteiger partial charge in [-0.3, -0.25) is 4.79 Å². The normalized spacial score (nSPS) is 9.19. The van der Waals surface area contributed by atoms with Gasteiger partial charge in [-0.15, -0.1) is 0 Å². The third-order valence-electron chi connectivity index (χ3n) is 2.06. The van der Waals surface area contributed by atoms with Crippen LogP contribution in [0.2, 0.25) is 0 Å². The maximum atomic E-state index is 10.7. The van der Waals surface area contributed by atoms with Crippen LogP contribution in [0, 0.1) is 0 Å². The standard InChI is InChI=1S/C11H15NO.C3H8/c1-2-3-4-9-5-7-10(8-6-9)11(12)13;1-3-2/h5-8H,2-4H2,1H3,(H2,12,13);3H2,1-2H3. The molecule has 0 aliphatic rings. The van der Waals surface area contributed by atoms with Crippen LogP contribution in [0.4, 0.5) is 0 Å². The van der Waals surface area contributed by atoms with Crippen molar-refractivity contribution in [1.29, 1.82) is 0 Å². The molecule has 0 saturated heterocycles. The van der Waals surface area contributed by atoms with E-state index in [1.54, 1.807) is 12.1 Å². The van der Waals surface area contributed by atoms with Crippen LogP contribution in [0.1, 0.15) is 56.0 Å². The molecule has 1 aromatic carbocycles. The first-order valence-corrected chi connectivity index (χ1v) is 6.04. The van der Waals surface area contributed by atoms with E-state index in [0.717, 1.165) is 6.42 Å². The second-order valence-electron chi connectivity index (χ2n) is 3.87. The Kier molecular flexibility index (Phi) is 8.22. The predicted molar refractivity (Wildman–Crippen MR) is 69.5 cm³/mol. The van der Waals surface area contributed by atoms with Gasteiger partial charge in [0.05, 0.1) is 0 Å². The Balaban J connectivity index is 0.000000673. The van der Waals surface area contributed by atoms with Crippen molar-refractivity contribution in [2.45, 2.75) is 46.5 Å². The van der Waals surface area contributed by atoms with Crippen molar-refractivity contribution in [3.63, 3.8) is 0 Å². The molecule has 0 aliphatic carbocycles. The lowest BCUT2D eigenvalue weighted by molar-refractivity contribution is 0.100. The summed E-state index contributed by atoms with van der Waals surface area (Å²) >= 11 is 0. The fourth-order valence-electron chi connectivity index (χ4n) is 1.22. The van der Waals surface area contributed by atoms with Crippen molar-refractivity contribution in [1.82, 2.24) is 0 Å². The Morgan fingerprint density at radius 3 is 2.00 bits per heavy atom. The number of aryl methyl sites for hydroxylation is 1. The number of nitrogens with two attached hydrogens (primary N) is 1. The van der Waals surface area contributed by atoms with E-state index in [-0.39, 0.29) is 5.91 Å². The van der Waals surface area contributed by atoms with Gasteiger partial charge in [-0.05, 0) is 30.5 Å². The Hall–Kier alpha value is -1.31. The maximum Gasteiger partial charge on any atom is 0.248 e. The third kappa shape index (κ3) is 6.23. The molecule has 0 spiro atoms. The minimum Gasteiger partial charge on any atom is -0.366 e. The van der Waals surface area contributed by atoms with E-state index in [1.807, 2.05) is 12.1 Å². The fraction of sp³-hybridized carbons (Fsp3) is 0.500. The van der Waals surface area contributed by atoms with Gasteiger partial charge < -0.3 is 5.73 Å². The van der Waals surface area contributed by atoms with Crippen LogP contribution in [0.25, 0.3) is 0 Å². The number of carbonyl (C=O) groups excluding carboxylic acids is 1. The van der Waals surface area contributed by atoms with Crippen LogP contribution < -0.4 is 5.73 Å². The lowest BCUT2D eigenvalue weighted by atomic mass is 10.1. The Morgan fingerprint density at radius 2 is 1.62 bits per heavy atom. The summed E-state index contributed by atoms with van der Waals surface area (Å²) in [4.78, 5) is 10.7. The molecule has 0 radical (unpaired) electrons. The highest BCUT2D eigenvalue weighted by Gasteiger charge is 1.98. The molecule has 0 unspecified atom stereocenters. The second kappa shape index (κ2) is 8.96. The summed E-state index contributed by atoms with van der Waals surface area (Å²) in [7, 11) is 0. The van der Waals surface area contributed by atoms with Crippen LogP contribution in [-0.4, -0.2) is 5.91 Å². The summed E-state index contributed by atoms with van der Waals surface area (Å²) in [6.07, 6.45) is 4.71. The van der Waals surface area contributed by atoms with Gasteiger partial charge in [-0.1, -0.05) is 45.7 Å². The van der Waals surface area contributed by atoms with Gasteiger partial charge >= 0.3 is 0 Å². The Labute approximate surface area is 98.9 Å². The molecule has 2 N–H and O–H groups in total. The molecular formula is C14H23NO. The molecule has 2 nitrogen and oxygen atoms in total. The highest BCUT2D eigenvalue weighted by Crippen LogP contribution is 2.07. The molecule has 90 valence electrons. The van der Waals surface area contributed by atoms with Crippen molar-refractivity contribution in [3.05, 3.63) is 35.4 Å². The Bertz CT molecular complexity index is 290. The van der Waals surface area contributed by atoms with Gasteiger partial charge in [0, 0.05) is 5.56 Å². The first kappa shape index (κ1) is 14.7. The molecule has 0 aliphatic heterocycles. The third-order valence-corrected chi connectivity index (χ3v) is 2.06. The van der Waals surface area contributed by atoms with Crippen molar-refractivity contribution < 1.29 is 4.79 Å². The summed E-state index contributed by atoms with van der Waals surface area (Å²) in [6, 6.07) is 7.51. The lowest BCUT2D eigenvalue weighted by Crippen LogP contribution is -2.10. The van der Waals surface area contributed by atoms with Crippen molar-refractivity contribution in [2.24, 2.45) is 5.73 Å². The molecule has 2 heteroatoms. The lowest BCUT2D eigenvalue weighted by Gasteiger charge is -2.00. The molecule has 0 saturated carbocycles. The van der Waals surface area contributed by atoms with Gasteiger partial charge in [-0.2, -0.15) is 0 Å². The van der Waals surface area contributed by atoms with Gasteiger partial charge in [-0.25, -0.2) is 0 Å². The van der Waals surface area contributed by atoms with Crippen LogP contribution in [0.3, 0.4) is 0 Å². The number of hydrogen-bond acceptors (Lipinski definition) is 1. The molecule has 0 atom stereocenters. The van der Waals surface area contributed by atoms with Gasteiger partial charge in [0.15, 0.2) is 0 Å². The summed E-state index contributed by atoms with van der Waals surface area (Å²) in [5.74, 6) is -0.359. The van der Waals surface area contributed by atoms with Crippen molar-refractivity contribution >= 4 is 5.91 Å². The topological polar surface area (TPSA) is 43.1 Å². The molecule has 0 aromatic heterocycles. The molecule has 1 rings (SSSR count). The number of primary amides is 1. The molecule has 0 bridgehead atoms. The highest BCUT2D eigenvalue weighted by molar-refractivity contribution is 5.92. The average molecular weight is 221 g/mol. The minimum atomic E-state index is -0.359. The molecule has 0 heterocycles. The van der Waals surface area contributed by atoms with E-state index < -0.39 is 0 Å². The van der Waals surface area contributed by atoms with E-state index in [2.05, 4.69) is 20.8 Å². The minimum absolute atomic E-state index is 0.359. The molecule has 1 aromatic rings. The van der Waals surface area contributed by atoms with Crippen LogP contribution in [0.5, 0.6) is 0 Å².